The van der Waals surface area contributed by atoms with E-state index in [9.17, 15) is 14.4 Å². The summed E-state index contributed by atoms with van der Waals surface area (Å²) >= 11 is 0. The van der Waals surface area contributed by atoms with Gasteiger partial charge in [0.15, 0.2) is 5.96 Å². The molecule has 0 aromatic rings. The van der Waals surface area contributed by atoms with Gasteiger partial charge in [0, 0.05) is 12.6 Å². The van der Waals surface area contributed by atoms with Gasteiger partial charge in [0.25, 0.3) is 0 Å². The van der Waals surface area contributed by atoms with Gasteiger partial charge in [-0.3, -0.25) is 9.79 Å². The van der Waals surface area contributed by atoms with Crippen LogP contribution < -0.4 is 33.6 Å². The molecule has 1 atom stereocenters. The van der Waals surface area contributed by atoms with E-state index >= 15 is 0 Å². The molecule has 0 heterocycles. The fourth-order valence-electron chi connectivity index (χ4n) is 1.44. The predicted molar refractivity (Wildman–Crippen MR) is 85.8 cm³/mol. The number of nitrogens with two attached hydrogens (primary N) is 4. The van der Waals surface area contributed by atoms with Crippen LogP contribution in [0.3, 0.4) is 0 Å². The first kappa shape index (κ1) is 21.2. The zero-order valence-corrected chi connectivity index (χ0v) is 13.3. The molecule has 0 saturated carbocycles. The number of carbonyl (C=O) groups is 3. The first-order chi connectivity index (χ1) is 11.3. The Balaban J connectivity index is 3.65. The number of ether oxygens (including phenoxy) is 2. The van der Waals surface area contributed by atoms with Gasteiger partial charge in [-0.1, -0.05) is 0 Å². The lowest BCUT2D eigenvalue weighted by Gasteiger charge is -2.12. The molecule has 0 spiro atoms. The fraction of sp³-hybridized carbons (Fsp3) is 0.667. The largest absolute Gasteiger partial charge is 0.448 e. The van der Waals surface area contributed by atoms with Crippen LogP contribution in [0.25, 0.3) is 0 Å². The molecular weight excluding hydrogens is 322 g/mol. The van der Waals surface area contributed by atoms with Crippen molar-refractivity contribution in [2.45, 2.75) is 18.9 Å². The molecule has 24 heavy (non-hydrogen) atoms. The van der Waals surface area contributed by atoms with Crippen LogP contribution in [0.1, 0.15) is 12.8 Å². The summed E-state index contributed by atoms with van der Waals surface area (Å²) in [5, 5.41) is 4.66. The average Bonchev–Trinajstić information content (AvgIpc) is 2.51. The third-order valence-electron chi connectivity index (χ3n) is 2.52. The van der Waals surface area contributed by atoms with Crippen LogP contribution in [0.15, 0.2) is 4.99 Å². The van der Waals surface area contributed by atoms with E-state index in [1.807, 2.05) is 0 Å². The van der Waals surface area contributed by atoms with Crippen LogP contribution >= 0.6 is 0 Å². The monoisotopic (exact) mass is 347 g/mol. The van der Waals surface area contributed by atoms with Gasteiger partial charge in [0.2, 0.25) is 5.91 Å². The minimum Gasteiger partial charge on any atom is -0.448 e. The van der Waals surface area contributed by atoms with Crippen molar-refractivity contribution in [3.63, 3.8) is 0 Å². The Kier molecular flexibility index (Phi) is 11.3. The molecule has 0 aromatic heterocycles. The van der Waals surface area contributed by atoms with Gasteiger partial charge >= 0.3 is 12.2 Å². The third kappa shape index (κ3) is 14.2. The molecule has 10 N–H and O–H groups in total. The number of carbonyl (C=O) groups excluding carboxylic acids is 3. The van der Waals surface area contributed by atoms with Crippen molar-refractivity contribution >= 4 is 24.1 Å². The Bertz CT molecular complexity index is 440. The van der Waals surface area contributed by atoms with E-state index in [0.29, 0.717) is 19.4 Å². The molecule has 0 radical (unpaired) electrons. The smallest absolute Gasteiger partial charge is 0.407 e. The van der Waals surface area contributed by atoms with Crippen LogP contribution in [0.5, 0.6) is 0 Å². The molecule has 0 aliphatic heterocycles. The lowest BCUT2D eigenvalue weighted by molar-refractivity contribution is -0.120. The molecule has 0 aliphatic carbocycles. The highest BCUT2D eigenvalue weighted by Crippen LogP contribution is 1.96. The van der Waals surface area contributed by atoms with Gasteiger partial charge < -0.3 is 43.0 Å². The molecule has 3 amide bonds. The summed E-state index contributed by atoms with van der Waals surface area (Å²) < 4.78 is 9.28. The molecule has 0 aliphatic rings. The summed E-state index contributed by atoms with van der Waals surface area (Å²) in [5.41, 5.74) is 20.8. The number of hydrogen-bond acceptors (Lipinski definition) is 7. The first-order valence-electron chi connectivity index (χ1n) is 7.21. The Hall–Kier alpha value is -2.76. The van der Waals surface area contributed by atoms with Crippen molar-refractivity contribution < 1.29 is 23.9 Å². The number of hydrogen-bond donors (Lipinski definition) is 6. The molecule has 0 rings (SSSR count). The van der Waals surface area contributed by atoms with Crippen molar-refractivity contribution in [2.24, 2.45) is 27.9 Å². The molecule has 0 aromatic carbocycles. The number of aliphatic imine (C=N–C) groups is 1. The maximum Gasteiger partial charge on any atom is 0.407 e. The van der Waals surface area contributed by atoms with Crippen LogP contribution in [0, 0.1) is 0 Å². The van der Waals surface area contributed by atoms with Gasteiger partial charge in [-0.05, 0) is 12.8 Å². The Morgan fingerprint density at radius 2 is 1.79 bits per heavy atom. The molecule has 138 valence electrons. The summed E-state index contributed by atoms with van der Waals surface area (Å²) in [4.78, 5) is 36.8. The molecule has 0 unspecified atom stereocenters. The van der Waals surface area contributed by atoms with Crippen LogP contribution in [0.4, 0.5) is 9.59 Å². The molecule has 0 fully saturated rings. The Morgan fingerprint density at radius 3 is 2.42 bits per heavy atom. The van der Waals surface area contributed by atoms with Gasteiger partial charge in [-0.25, -0.2) is 9.59 Å². The van der Waals surface area contributed by atoms with Gasteiger partial charge in [0.05, 0.1) is 13.1 Å². The molecular formula is C12H25N7O5. The van der Waals surface area contributed by atoms with Crippen molar-refractivity contribution in [1.82, 2.24) is 10.6 Å². The summed E-state index contributed by atoms with van der Waals surface area (Å²) in [7, 11) is 0. The van der Waals surface area contributed by atoms with Crippen molar-refractivity contribution in [3.8, 4) is 0 Å². The van der Waals surface area contributed by atoms with Crippen molar-refractivity contribution in [3.05, 3.63) is 0 Å². The summed E-state index contributed by atoms with van der Waals surface area (Å²) in [6, 6.07) is -0.357. The molecule has 0 saturated heterocycles. The second kappa shape index (κ2) is 12.8. The number of guanidine groups is 1. The number of nitrogens with one attached hydrogen (secondary N) is 2. The topological polar surface area (TPSA) is 210 Å². The predicted octanol–water partition coefficient (Wildman–Crippen LogP) is -2.69. The van der Waals surface area contributed by atoms with E-state index in [2.05, 4.69) is 20.4 Å². The van der Waals surface area contributed by atoms with E-state index in [0.717, 1.165) is 0 Å². The van der Waals surface area contributed by atoms with Crippen molar-refractivity contribution in [2.75, 3.05) is 32.8 Å². The molecule has 12 heteroatoms. The summed E-state index contributed by atoms with van der Waals surface area (Å²) in [5.74, 6) is -0.458. The second-order valence-electron chi connectivity index (χ2n) is 4.68. The van der Waals surface area contributed by atoms with Crippen LogP contribution in [-0.4, -0.2) is 62.9 Å². The van der Waals surface area contributed by atoms with Gasteiger partial charge in [0.1, 0.15) is 13.2 Å². The minimum absolute atomic E-state index is 0.00171. The highest BCUT2D eigenvalue weighted by Gasteiger charge is 2.09. The van der Waals surface area contributed by atoms with Gasteiger partial charge in [-0.15, -0.1) is 0 Å². The summed E-state index contributed by atoms with van der Waals surface area (Å²) in [6.45, 7) is 0.193. The fourth-order valence-corrected chi connectivity index (χ4v) is 1.44. The Labute approximate surface area is 139 Å². The minimum atomic E-state index is -0.930. The van der Waals surface area contributed by atoms with Crippen LogP contribution in [-0.2, 0) is 14.3 Å². The second-order valence-corrected chi connectivity index (χ2v) is 4.68. The Morgan fingerprint density at radius 1 is 1.08 bits per heavy atom. The number of rotatable bonds is 11. The normalized spacial score (nSPS) is 11.0. The maximum absolute atomic E-state index is 11.4. The van der Waals surface area contributed by atoms with Crippen LogP contribution in [0.2, 0.25) is 0 Å². The van der Waals surface area contributed by atoms with E-state index < -0.39 is 18.1 Å². The quantitative estimate of drug-likeness (QED) is 0.131. The van der Waals surface area contributed by atoms with E-state index in [1.54, 1.807) is 0 Å². The number of amides is 3. The lowest BCUT2D eigenvalue weighted by Crippen LogP contribution is -2.40. The lowest BCUT2D eigenvalue weighted by atomic mass is 10.2. The summed E-state index contributed by atoms with van der Waals surface area (Å²) in [6.07, 6.45) is -0.469. The van der Waals surface area contributed by atoms with Gasteiger partial charge in [-0.2, -0.15) is 0 Å². The highest BCUT2D eigenvalue weighted by atomic mass is 16.6. The zero-order valence-electron chi connectivity index (χ0n) is 13.3. The average molecular weight is 347 g/mol. The van der Waals surface area contributed by atoms with E-state index in [-0.39, 0.29) is 38.3 Å². The third-order valence-corrected chi connectivity index (χ3v) is 2.52. The van der Waals surface area contributed by atoms with E-state index in [1.165, 1.54) is 0 Å². The van der Waals surface area contributed by atoms with E-state index in [4.69, 9.17) is 27.7 Å². The zero-order chi connectivity index (χ0) is 18.4. The number of nitrogens with zero attached hydrogens (tertiary/aromatic N) is 1. The molecule has 0 bridgehead atoms. The highest BCUT2D eigenvalue weighted by molar-refractivity contribution is 5.82. The standard InChI is InChI=1S/C12H25N7O5/c13-8(2-1-3-18-10(14)15)7-24-12(22)19-6-9(20)17-4-5-23-11(16)21/h8H,1-7,13H2,(H2,16,21)(H,17,20)(H,19,22)(H4,14,15,18)/t8-/m0/s1. The molecule has 12 nitrogen and oxygen atoms in total. The number of primary amides is 1. The SMILES string of the molecule is NC(=O)OCCNC(=O)CNC(=O)OC[C@@H](N)CCCN=C(N)N. The van der Waals surface area contributed by atoms with Crippen molar-refractivity contribution in [1.29, 1.82) is 0 Å². The number of alkyl carbamates (subject to hydrolysis) is 1. The maximum atomic E-state index is 11.4. The first-order valence-corrected chi connectivity index (χ1v) is 7.21.